The lowest BCUT2D eigenvalue weighted by atomic mass is 9.96. The molecule has 18 heavy (non-hydrogen) atoms. The van der Waals surface area contributed by atoms with Crippen LogP contribution in [0.1, 0.15) is 44.9 Å². The molecule has 100 valence electrons. The van der Waals surface area contributed by atoms with Crippen LogP contribution in [-0.2, 0) is 0 Å². The molecular weight excluding hydrogens is 246 g/mol. The van der Waals surface area contributed by atoms with Gasteiger partial charge in [0.05, 0.1) is 12.8 Å². The summed E-state index contributed by atoms with van der Waals surface area (Å²) < 4.78 is 5.38. The van der Waals surface area contributed by atoms with Gasteiger partial charge in [-0.2, -0.15) is 0 Å². The SMILES string of the molecule is COc1ccc(Cl)cc1NC1CCCCCCC1. The minimum Gasteiger partial charge on any atom is -0.495 e. The van der Waals surface area contributed by atoms with Crippen molar-refractivity contribution in [3.8, 4) is 5.75 Å². The molecule has 1 aliphatic carbocycles. The molecule has 2 rings (SSSR count). The molecule has 0 amide bonds. The zero-order chi connectivity index (χ0) is 12.8. The van der Waals surface area contributed by atoms with Gasteiger partial charge in [-0.1, -0.05) is 43.7 Å². The number of methoxy groups -OCH3 is 1. The van der Waals surface area contributed by atoms with Crippen LogP contribution in [0.5, 0.6) is 5.75 Å². The van der Waals surface area contributed by atoms with Gasteiger partial charge in [0.1, 0.15) is 5.75 Å². The first-order chi connectivity index (χ1) is 8.79. The van der Waals surface area contributed by atoms with E-state index in [1.807, 2.05) is 18.2 Å². The van der Waals surface area contributed by atoms with Crippen LogP contribution in [0.2, 0.25) is 5.02 Å². The number of benzene rings is 1. The summed E-state index contributed by atoms with van der Waals surface area (Å²) in [6.45, 7) is 0. The first-order valence-corrected chi connectivity index (χ1v) is 7.27. The molecule has 0 atom stereocenters. The molecule has 2 nitrogen and oxygen atoms in total. The number of anilines is 1. The van der Waals surface area contributed by atoms with Gasteiger partial charge < -0.3 is 10.1 Å². The minimum absolute atomic E-state index is 0.553. The van der Waals surface area contributed by atoms with Crippen molar-refractivity contribution in [1.82, 2.24) is 0 Å². The van der Waals surface area contributed by atoms with Gasteiger partial charge in [0.15, 0.2) is 0 Å². The Labute approximate surface area is 115 Å². The average molecular weight is 268 g/mol. The van der Waals surface area contributed by atoms with Gasteiger partial charge in [0.2, 0.25) is 0 Å². The summed E-state index contributed by atoms with van der Waals surface area (Å²) in [5.74, 6) is 0.876. The lowest BCUT2D eigenvalue weighted by Gasteiger charge is -2.23. The third kappa shape index (κ3) is 3.81. The van der Waals surface area contributed by atoms with Crippen molar-refractivity contribution < 1.29 is 4.74 Å². The number of nitrogens with one attached hydrogen (secondary N) is 1. The maximum atomic E-state index is 6.05. The molecule has 3 heteroatoms. The smallest absolute Gasteiger partial charge is 0.142 e. The van der Waals surface area contributed by atoms with Crippen molar-refractivity contribution in [1.29, 1.82) is 0 Å². The number of halogens is 1. The van der Waals surface area contributed by atoms with Gasteiger partial charge in [-0.25, -0.2) is 0 Å². The number of ether oxygens (including phenoxy) is 1. The third-order valence-corrected chi connectivity index (χ3v) is 3.86. The molecule has 0 radical (unpaired) electrons. The van der Waals surface area contributed by atoms with Crippen molar-refractivity contribution in [3.63, 3.8) is 0 Å². The molecule has 0 unspecified atom stereocenters. The van der Waals surface area contributed by atoms with Crippen LogP contribution in [0.25, 0.3) is 0 Å². The van der Waals surface area contributed by atoms with E-state index < -0.39 is 0 Å². The highest BCUT2D eigenvalue weighted by Gasteiger charge is 2.13. The molecule has 0 spiro atoms. The molecule has 1 aliphatic rings. The van der Waals surface area contributed by atoms with Crippen molar-refractivity contribution in [2.75, 3.05) is 12.4 Å². The molecule has 1 fully saturated rings. The molecule has 0 heterocycles. The Morgan fingerprint density at radius 2 is 1.78 bits per heavy atom. The van der Waals surface area contributed by atoms with E-state index in [-0.39, 0.29) is 0 Å². The summed E-state index contributed by atoms with van der Waals surface area (Å²) in [5.41, 5.74) is 1.02. The highest BCUT2D eigenvalue weighted by molar-refractivity contribution is 6.30. The zero-order valence-electron chi connectivity index (χ0n) is 11.0. The average Bonchev–Trinajstić information content (AvgIpc) is 2.33. The van der Waals surface area contributed by atoms with Crippen LogP contribution in [0.15, 0.2) is 18.2 Å². The zero-order valence-corrected chi connectivity index (χ0v) is 11.8. The Bertz CT molecular complexity index is 373. The van der Waals surface area contributed by atoms with Gasteiger partial charge in [-0.3, -0.25) is 0 Å². The van der Waals surface area contributed by atoms with Crippen LogP contribution >= 0.6 is 11.6 Å². The predicted octanol–water partition coefficient (Wildman–Crippen LogP) is 4.87. The molecular formula is C15H22ClNO. The summed E-state index contributed by atoms with van der Waals surface area (Å²) >= 11 is 6.05. The first-order valence-electron chi connectivity index (χ1n) is 6.89. The Morgan fingerprint density at radius 1 is 1.11 bits per heavy atom. The van der Waals surface area contributed by atoms with Gasteiger partial charge in [0.25, 0.3) is 0 Å². The largest absolute Gasteiger partial charge is 0.495 e. The normalized spacial score (nSPS) is 17.9. The van der Waals surface area contributed by atoms with E-state index in [9.17, 15) is 0 Å². The van der Waals surface area contributed by atoms with E-state index in [4.69, 9.17) is 16.3 Å². The van der Waals surface area contributed by atoms with Crippen molar-refractivity contribution in [3.05, 3.63) is 23.2 Å². The van der Waals surface area contributed by atoms with E-state index in [2.05, 4.69) is 5.32 Å². The Morgan fingerprint density at radius 3 is 2.44 bits per heavy atom. The van der Waals surface area contributed by atoms with Crippen LogP contribution in [-0.4, -0.2) is 13.2 Å². The summed E-state index contributed by atoms with van der Waals surface area (Å²) in [6, 6.07) is 6.30. The molecule has 0 saturated heterocycles. The van der Waals surface area contributed by atoms with Crippen LogP contribution in [0.3, 0.4) is 0 Å². The van der Waals surface area contributed by atoms with Gasteiger partial charge in [0, 0.05) is 11.1 Å². The predicted molar refractivity (Wildman–Crippen MR) is 77.7 cm³/mol. The van der Waals surface area contributed by atoms with Crippen LogP contribution in [0, 0.1) is 0 Å². The Hall–Kier alpha value is -0.890. The molecule has 1 aromatic carbocycles. The molecule has 1 aromatic rings. The van der Waals surface area contributed by atoms with Gasteiger partial charge >= 0.3 is 0 Å². The van der Waals surface area contributed by atoms with E-state index in [0.717, 1.165) is 16.5 Å². The van der Waals surface area contributed by atoms with E-state index >= 15 is 0 Å². The van der Waals surface area contributed by atoms with Gasteiger partial charge in [-0.05, 0) is 31.0 Å². The van der Waals surface area contributed by atoms with E-state index in [1.165, 1.54) is 44.9 Å². The van der Waals surface area contributed by atoms with E-state index in [1.54, 1.807) is 7.11 Å². The fourth-order valence-electron chi connectivity index (χ4n) is 2.61. The van der Waals surface area contributed by atoms with Gasteiger partial charge in [-0.15, -0.1) is 0 Å². The lowest BCUT2D eigenvalue weighted by Crippen LogP contribution is -2.20. The maximum absolute atomic E-state index is 6.05. The monoisotopic (exact) mass is 267 g/mol. The highest BCUT2D eigenvalue weighted by Crippen LogP contribution is 2.30. The number of hydrogen-bond acceptors (Lipinski definition) is 2. The first kappa shape index (κ1) is 13.5. The van der Waals surface area contributed by atoms with Crippen molar-refractivity contribution >= 4 is 17.3 Å². The number of rotatable bonds is 3. The summed E-state index contributed by atoms with van der Waals surface area (Å²) in [6.07, 6.45) is 9.26. The molecule has 0 aromatic heterocycles. The lowest BCUT2D eigenvalue weighted by molar-refractivity contribution is 0.414. The van der Waals surface area contributed by atoms with Crippen LogP contribution in [0.4, 0.5) is 5.69 Å². The van der Waals surface area contributed by atoms with Crippen molar-refractivity contribution in [2.45, 2.75) is 51.0 Å². The number of hydrogen-bond donors (Lipinski definition) is 1. The fourth-order valence-corrected chi connectivity index (χ4v) is 2.79. The standard InChI is InChI=1S/C15H22ClNO/c1-18-15-10-9-12(16)11-14(15)17-13-7-5-3-2-4-6-8-13/h9-11,13,17H,2-8H2,1H3. The van der Waals surface area contributed by atoms with E-state index in [0.29, 0.717) is 6.04 Å². The highest BCUT2D eigenvalue weighted by atomic mass is 35.5. The van der Waals surface area contributed by atoms with Crippen LogP contribution < -0.4 is 10.1 Å². The molecule has 1 N–H and O–H groups in total. The second kappa shape index (κ2) is 6.89. The third-order valence-electron chi connectivity index (χ3n) is 3.63. The second-order valence-corrected chi connectivity index (χ2v) is 5.47. The Balaban J connectivity index is 2.04. The molecule has 1 saturated carbocycles. The fraction of sp³-hybridized carbons (Fsp3) is 0.600. The minimum atomic E-state index is 0.553. The van der Waals surface area contributed by atoms with Crippen molar-refractivity contribution in [2.24, 2.45) is 0 Å². The topological polar surface area (TPSA) is 21.3 Å². The summed E-state index contributed by atoms with van der Waals surface area (Å²) in [7, 11) is 1.70. The molecule has 0 bridgehead atoms. The molecule has 0 aliphatic heterocycles. The quantitative estimate of drug-likeness (QED) is 0.843. The second-order valence-electron chi connectivity index (χ2n) is 5.03. The summed E-state index contributed by atoms with van der Waals surface area (Å²) in [4.78, 5) is 0. The Kier molecular flexibility index (Phi) is 5.18. The summed E-state index contributed by atoms with van der Waals surface area (Å²) in [5, 5.41) is 4.35. The maximum Gasteiger partial charge on any atom is 0.142 e.